The van der Waals surface area contributed by atoms with E-state index in [0.29, 0.717) is 0 Å². The van der Waals surface area contributed by atoms with Crippen molar-refractivity contribution in [2.75, 3.05) is 5.43 Å². The number of nitrogens with zero attached hydrogens (tertiary/aromatic N) is 2. The number of halogens is 1. The van der Waals surface area contributed by atoms with Gasteiger partial charge in [0, 0.05) is 15.4 Å². The molecule has 3 nitrogen and oxygen atoms in total. The van der Waals surface area contributed by atoms with Crippen LogP contribution in [0.4, 0.5) is 5.13 Å². The normalized spacial score (nSPS) is 11.1. The van der Waals surface area contributed by atoms with Crippen molar-refractivity contribution in [1.82, 2.24) is 4.98 Å². The molecule has 0 aliphatic carbocycles. The number of hydrazone groups is 1. The fourth-order valence-electron chi connectivity index (χ4n) is 2.11. The van der Waals surface area contributed by atoms with Gasteiger partial charge in [0.05, 0.1) is 11.9 Å². The summed E-state index contributed by atoms with van der Waals surface area (Å²) in [7, 11) is 0. The molecule has 0 spiro atoms. The Kier molecular flexibility index (Phi) is 4.88. The first-order valence-corrected chi connectivity index (χ1v) is 8.87. The lowest BCUT2D eigenvalue weighted by molar-refractivity contribution is 1.28. The number of hydrogen-bond donors (Lipinski definition) is 1. The second-order valence-corrected chi connectivity index (χ2v) is 7.04. The van der Waals surface area contributed by atoms with Gasteiger partial charge in [-0.3, -0.25) is 5.43 Å². The minimum absolute atomic E-state index is 0.782. The Morgan fingerprint density at radius 1 is 1.13 bits per heavy atom. The zero-order valence-electron chi connectivity index (χ0n) is 12.9. The molecule has 2 aromatic carbocycles. The van der Waals surface area contributed by atoms with Crippen LogP contribution in [0.5, 0.6) is 0 Å². The average Bonchev–Trinajstić information content (AvgIpc) is 2.99. The van der Waals surface area contributed by atoms with Crippen LogP contribution in [0.1, 0.15) is 16.7 Å². The van der Waals surface area contributed by atoms with E-state index in [0.717, 1.165) is 26.4 Å². The molecule has 1 N–H and O–H groups in total. The van der Waals surface area contributed by atoms with Crippen LogP contribution in [0.2, 0.25) is 0 Å². The smallest absolute Gasteiger partial charge is 0.203 e. The number of hydrogen-bond acceptors (Lipinski definition) is 4. The van der Waals surface area contributed by atoms with E-state index < -0.39 is 0 Å². The first-order valence-electron chi connectivity index (χ1n) is 7.19. The third-order valence-corrected chi connectivity index (χ3v) is 4.77. The summed E-state index contributed by atoms with van der Waals surface area (Å²) in [5.74, 6) is 0. The number of thiazole rings is 1. The van der Waals surface area contributed by atoms with Gasteiger partial charge in [-0.2, -0.15) is 5.10 Å². The Morgan fingerprint density at radius 2 is 2.00 bits per heavy atom. The molecule has 0 saturated heterocycles. The molecule has 116 valence electrons. The zero-order chi connectivity index (χ0) is 16.2. The zero-order valence-corrected chi connectivity index (χ0v) is 15.3. The van der Waals surface area contributed by atoms with E-state index in [1.807, 2.05) is 29.6 Å². The van der Waals surface area contributed by atoms with Gasteiger partial charge >= 0.3 is 0 Å². The maximum atomic E-state index is 4.58. The van der Waals surface area contributed by atoms with Gasteiger partial charge in [0.15, 0.2) is 0 Å². The van der Waals surface area contributed by atoms with E-state index in [9.17, 15) is 0 Å². The highest BCUT2D eigenvalue weighted by Crippen LogP contribution is 2.26. The molecule has 0 radical (unpaired) electrons. The molecule has 0 aliphatic rings. The van der Waals surface area contributed by atoms with Crippen molar-refractivity contribution >= 4 is 38.6 Å². The second kappa shape index (κ2) is 7.06. The van der Waals surface area contributed by atoms with Crippen molar-refractivity contribution in [2.24, 2.45) is 5.10 Å². The summed E-state index contributed by atoms with van der Waals surface area (Å²) in [4.78, 5) is 4.58. The Morgan fingerprint density at radius 3 is 2.78 bits per heavy atom. The summed E-state index contributed by atoms with van der Waals surface area (Å²) >= 11 is 4.99. The lowest BCUT2D eigenvalue weighted by atomic mass is 10.1. The van der Waals surface area contributed by atoms with E-state index in [1.165, 1.54) is 11.1 Å². The molecule has 0 saturated carbocycles. The largest absolute Gasteiger partial charge is 0.253 e. The SMILES string of the molecule is Cc1ccc(-c2csc(N/N=C\c3cccc(Br)c3)n2)cc1C. The lowest BCUT2D eigenvalue weighted by Gasteiger charge is -2.02. The minimum atomic E-state index is 0.782. The molecule has 0 fully saturated rings. The fourth-order valence-corrected chi connectivity index (χ4v) is 3.19. The fraction of sp³-hybridized carbons (Fsp3) is 0.111. The maximum Gasteiger partial charge on any atom is 0.203 e. The van der Waals surface area contributed by atoms with Crippen LogP contribution in [-0.4, -0.2) is 11.2 Å². The van der Waals surface area contributed by atoms with E-state index >= 15 is 0 Å². The van der Waals surface area contributed by atoms with Crippen molar-refractivity contribution in [1.29, 1.82) is 0 Å². The molecule has 1 heterocycles. The average molecular weight is 386 g/mol. The Balaban J connectivity index is 1.71. The molecule has 0 unspecified atom stereocenters. The van der Waals surface area contributed by atoms with E-state index in [1.54, 1.807) is 17.6 Å². The van der Waals surface area contributed by atoms with Crippen LogP contribution in [-0.2, 0) is 0 Å². The van der Waals surface area contributed by atoms with Crippen LogP contribution in [0.25, 0.3) is 11.3 Å². The van der Waals surface area contributed by atoms with Crippen molar-refractivity contribution in [3.63, 3.8) is 0 Å². The van der Waals surface area contributed by atoms with Crippen molar-refractivity contribution in [3.8, 4) is 11.3 Å². The topological polar surface area (TPSA) is 37.3 Å². The van der Waals surface area contributed by atoms with E-state index in [2.05, 4.69) is 63.5 Å². The highest BCUT2D eigenvalue weighted by Gasteiger charge is 2.05. The molecule has 3 rings (SSSR count). The molecule has 5 heteroatoms. The third kappa shape index (κ3) is 4.06. The van der Waals surface area contributed by atoms with Gasteiger partial charge < -0.3 is 0 Å². The molecule has 0 bridgehead atoms. The van der Waals surface area contributed by atoms with Crippen LogP contribution >= 0.6 is 27.3 Å². The number of anilines is 1. The predicted octanol–water partition coefficient (Wildman–Crippen LogP) is 5.64. The molecule has 0 atom stereocenters. The van der Waals surface area contributed by atoms with Gasteiger partial charge in [-0.15, -0.1) is 11.3 Å². The van der Waals surface area contributed by atoms with Crippen LogP contribution in [0.3, 0.4) is 0 Å². The first-order chi connectivity index (χ1) is 11.1. The van der Waals surface area contributed by atoms with Gasteiger partial charge in [0.2, 0.25) is 5.13 Å². The summed E-state index contributed by atoms with van der Waals surface area (Å²) < 4.78 is 1.03. The predicted molar refractivity (Wildman–Crippen MR) is 102 cm³/mol. The molecule has 0 amide bonds. The third-order valence-electron chi connectivity index (χ3n) is 3.53. The molecular formula is C18H16BrN3S. The van der Waals surface area contributed by atoms with Crippen LogP contribution < -0.4 is 5.43 Å². The van der Waals surface area contributed by atoms with Crippen molar-refractivity contribution in [3.05, 3.63) is 69.0 Å². The van der Waals surface area contributed by atoms with Gasteiger partial charge in [0.25, 0.3) is 0 Å². The van der Waals surface area contributed by atoms with Gasteiger partial charge in [-0.1, -0.05) is 40.2 Å². The molecule has 0 aliphatic heterocycles. The van der Waals surface area contributed by atoms with E-state index in [4.69, 9.17) is 0 Å². The standard InChI is InChI=1S/C18H16BrN3S/c1-12-6-7-15(8-13(12)2)17-11-23-18(21-17)22-20-10-14-4-3-5-16(19)9-14/h3-11H,1-2H3,(H,21,22)/b20-10-. The Hall–Kier alpha value is -1.98. The molecular weight excluding hydrogens is 370 g/mol. The Bertz CT molecular complexity index is 855. The minimum Gasteiger partial charge on any atom is -0.253 e. The van der Waals surface area contributed by atoms with Gasteiger partial charge in [-0.25, -0.2) is 4.98 Å². The highest BCUT2D eigenvalue weighted by molar-refractivity contribution is 9.10. The van der Waals surface area contributed by atoms with Crippen molar-refractivity contribution in [2.45, 2.75) is 13.8 Å². The quantitative estimate of drug-likeness (QED) is 0.466. The monoisotopic (exact) mass is 385 g/mol. The van der Waals surface area contributed by atoms with Crippen LogP contribution in [0, 0.1) is 13.8 Å². The summed E-state index contributed by atoms with van der Waals surface area (Å²) in [5, 5.41) is 7.07. The summed E-state index contributed by atoms with van der Waals surface area (Å²) in [6.07, 6.45) is 1.78. The van der Waals surface area contributed by atoms with Gasteiger partial charge in [0.1, 0.15) is 0 Å². The second-order valence-electron chi connectivity index (χ2n) is 5.26. The van der Waals surface area contributed by atoms with Crippen LogP contribution in [0.15, 0.2) is 57.4 Å². The van der Waals surface area contributed by atoms with Crippen molar-refractivity contribution < 1.29 is 0 Å². The lowest BCUT2D eigenvalue weighted by Crippen LogP contribution is -1.90. The molecule has 23 heavy (non-hydrogen) atoms. The summed E-state index contributed by atoms with van der Waals surface area (Å²) in [6.45, 7) is 4.23. The van der Waals surface area contributed by atoms with Gasteiger partial charge in [-0.05, 0) is 48.7 Å². The number of benzene rings is 2. The van der Waals surface area contributed by atoms with E-state index in [-0.39, 0.29) is 0 Å². The number of rotatable bonds is 4. The number of aromatic nitrogens is 1. The highest BCUT2D eigenvalue weighted by atomic mass is 79.9. The number of nitrogens with one attached hydrogen (secondary N) is 1. The molecule has 1 aromatic heterocycles. The summed E-state index contributed by atoms with van der Waals surface area (Å²) in [5.41, 5.74) is 8.69. The number of aryl methyl sites for hydroxylation is 2. The maximum absolute atomic E-state index is 4.58. The first kappa shape index (κ1) is 15.9. The molecule has 3 aromatic rings. The Labute approximate surface area is 148 Å². The summed E-state index contributed by atoms with van der Waals surface area (Å²) in [6, 6.07) is 14.4.